The van der Waals surface area contributed by atoms with Crippen LogP contribution >= 0.6 is 27.7 Å². The van der Waals surface area contributed by atoms with Gasteiger partial charge in [-0.25, -0.2) is 0 Å². The molecule has 14 heavy (non-hydrogen) atoms. The fraction of sp³-hybridized carbons (Fsp3) is 0.900. The molecule has 4 heteroatoms. The van der Waals surface area contributed by atoms with Gasteiger partial charge in [0.2, 0.25) is 5.91 Å². The Labute approximate surface area is 98.7 Å². The van der Waals surface area contributed by atoms with Crippen LogP contribution in [-0.4, -0.2) is 28.8 Å². The molecule has 0 aromatic rings. The zero-order valence-electron chi connectivity index (χ0n) is 8.59. The van der Waals surface area contributed by atoms with Crippen molar-refractivity contribution in [3.8, 4) is 0 Å². The highest BCUT2D eigenvalue weighted by atomic mass is 79.9. The molecule has 1 aliphatic rings. The first-order chi connectivity index (χ1) is 6.74. The summed E-state index contributed by atoms with van der Waals surface area (Å²) in [5.74, 6) is 1.13. The molecule has 1 amide bonds. The summed E-state index contributed by atoms with van der Waals surface area (Å²) in [6, 6.07) is 0.359. The third-order valence-corrected chi connectivity index (χ3v) is 4.27. The number of carbonyl (C=O) groups is 1. The molecule has 0 saturated heterocycles. The van der Waals surface area contributed by atoms with Crippen LogP contribution in [0.1, 0.15) is 32.1 Å². The zero-order chi connectivity index (χ0) is 10.4. The average molecular weight is 280 g/mol. The van der Waals surface area contributed by atoms with E-state index in [1.807, 2.05) is 6.26 Å². The number of nitrogens with one attached hydrogen (secondary N) is 1. The number of carbonyl (C=O) groups excluding carboxylic acids is 1. The Morgan fingerprint density at radius 3 is 2.86 bits per heavy atom. The van der Waals surface area contributed by atoms with E-state index in [-0.39, 0.29) is 5.91 Å². The van der Waals surface area contributed by atoms with Gasteiger partial charge >= 0.3 is 0 Å². The highest BCUT2D eigenvalue weighted by Crippen LogP contribution is 2.24. The Balaban J connectivity index is 2.23. The Morgan fingerprint density at radius 1 is 1.50 bits per heavy atom. The lowest BCUT2D eigenvalue weighted by molar-refractivity contribution is -0.121. The van der Waals surface area contributed by atoms with Crippen LogP contribution in [0, 0.1) is 0 Å². The second-order valence-electron chi connectivity index (χ2n) is 3.72. The van der Waals surface area contributed by atoms with Crippen molar-refractivity contribution in [3.05, 3.63) is 0 Å². The van der Waals surface area contributed by atoms with Crippen molar-refractivity contribution >= 4 is 33.6 Å². The van der Waals surface area contributed by atoms with Gasteiger partial charge in [-0.05, 0) is 19.1 Å². The fourth-order valence-corrected chi connectivity index (χ4v) is 2.83. The molecule has 0 aromatic carbocycles. The molecular formula is C10H18BrNOS. The summed E-state index contributed by atoms with van der Waals surface area (Å²) < 4.78 is 0. The van der Waals surface area contributed by atoms with E-state index in [0.29, 0.717) is 17.3 Å². The van der Waals surface area contributed by atoms with Gasteiger partial charge in [0, 0.05) is 23.0 Å². The van der Waals surface area contributed by atoms with Gasteiger partial charge in [-0.15, -0.1) is 0 Å². The molecule has 2 unspecified atom stereocenters. The van der Waals surface area contributed by atoms with E-state index < -0.39 is 0 Å². The van der Waals surface area contributed by atoms with Crippen LogP contribution < -0.4 is 5.32 Å². The largest absolute Gasteiger partial charge is 0.352 e. The third kappa shape index (κ3) is 4.22. The van der Waals surface area contributed by atoms with Gasteiger partial charge in [0.05, 0.1) is 0 Å². The van der Waals surface area contributed by atoms with Crippen molar-refractivity contribution in [1.82, 2.24) is 5.32 Å². The topological polar surface area (TPSA) is 29.1 Å². The number of hydrogen-bond donors (Lipinski definition) is 1. The average Bonchev–Trinajstić information content (AvgIpc) is 2.18. The van der Waals surface area contributed by atoms with Crippen LogP contribution in [0.15, 0.2) is 0 Å². The molecule has 1 rings (SSSR count). The number of alkyl halides is 1. The smallest absolute Gasteiger partial charge is 0.221 e. The fourth-order valence-electron chi connectivity index (χ4n) is 1.72. The highest BCUT2D eigenvalue weighted by Gasteiger charge is 2.23. The van der Waals surface area contributed by atoms with Gasteiger partial charge in [-0.2, -0.15) is 11.8 Å². The Hall–Kier alpha value is 0.300. The molecule has 0 aliphatic heterocycles. The van der Waals surface area contributed by atoms with Crippen molar-refractivity contribution in [2.45, 2.75) is 43.0 Å². The Kier molecular flexibility index (Phi) is 5.94. The Bertz CT molecular complexity index is 189. The molecule has 2 nitrogen and oxygen atoms in total. The summed E-state index contributed by atoms with van der Waals surface area (Å²) in [6.45, 7) is 0. The molecule has 0 spiro atoms. The monoisotopic (exact) mass is 279 g/mol. The number of hydrogen-bond acceptors (Lipinski definition) is 2. The van der Waals surface area contributed by atoms with Gasteiger partial charge in [-0.3, -0.25) is 4.79 Å². The molecule has 1 fully saturated rings. The summed E-state index contributed by atoms with van der Waals surface area (Å²) in [5, 5.41) is 3.10. The van der Waals surface area contributed by atoms with E-state index in [0.717, 1.165) is 12.2 Å². The number of amides is 1. The van der Waals surface area contributed by atoms with Crippen molar-refractivity contribution in [1.29, 1.82) is 0 Å². The van der Waals surface area contributed by atoms with Crippen molar-refractivity contribution in [3.63, 3.8) is 0 Å². The normalized spacial score (nSPS) is 27.3. The number of rotatable bonds is 4. The quantitative estimate of drug-likeness (QED) is 0.802. The molecule has 82 valence electrons. The standard InChI is InChI=1S/C10H18BrNOS/c1-14-7-6-10(13)12-9-5-3-2-4-8(9)11/h8-9H,2-7H2,1H3,(H,12,13). The van der Waals surface area contributed by atoms with E-state index in [9.17, 15) is 4.79 Å². The number of thioether (sulfide) groups is 1. The molecular weight excluding hydrogens is 262 g/mol. The van der Waals surface area contributed by atoms with Crippen LogP contribution in [0.4, 0.5) is 0 Å². The van der Waals surface area contributed by atoms with Crippen LogP contribution in [0.2, 0.25) is 0 Å². The summed E-state index contributed by atoms with van der Waals surface area (Å²) >= 11 is 5.35. The highest BCUT2D eigenvalue weighted by molar-refractivity contribution is 9.09. The number of halogens is 1. The van der Waals surface area contributed by atoms with E-state index in [4.69, 9.17) is 0 Å². The third-order valence-electron chi connectivity index (χ3n) is 2.56. The lowest BCUT2D eigenvalue weighted by atomic mass is 9.95. The maximum atomic E-state index is 11.5. The summed E-state index contributed by atoms with van der Waals surface area (Å²) in [7, 11) is 0. The van der Waals surface area contributed by atoms with Crippen LogP contribution in [0.3, 0.4) is 0 Å². The predicted octanol–water partition coefficient (Wildman–Crippen LogP) is 2.56. The lowest BCUT2D eigenvalue weighted by Gasteiger charge is -2.28. The van der Waals surface area contributed by atoms with Gasteiger partial charge in [0.1, 0.15) is 0 Å². The Morgan fingerprint density at radius 2 is 2.21 bits per heavy atom. The van der Waals surface area contributed by atoms with E-state index >= 15 is 0 Å². The molecule has 0 heterocycles. The van der Waals surface area contributed by atoms with Crippen molar-refractivity contribution < 1.29 is 4.79 Å². The van der Waals surface area contributed by atoms with E-state index in [2.05, 4.69) is 21.2 Å². The zero-order valence-corrected chi connectivity index (χ0v) is 11.0. The molecule has 1 N–H and O–H groups in total. The van der Waals surface area contributed by atoms with Crippen molar-refractivity contribution in [2.24, 2.45) is 0 Å². The van der Waals surface area contributed by atoms with Crippen molar-refractivity contribution in [2.75, 3.05) is 12.0 Å². The first kappa shape index (κ1) is 12.4. The minimum absolute atomic E-state index is 0.204. The van der Waals surface area contributed by atoms with E-state index in [1.165, 1.54) is 19.3 Å². The molecule has 2 atom stereocenters. The first-order valence-corrected chi connectivity index (χ1v) is 7.47. The minimum atomic E-state index is 0.204. The predicted molar refractivity (Wildman–Crippen MR) is 66.1 cm³/mol. The maximum Gasteiger partial charge on any atom is 0.221 e. The van der Waals surface area contributed by atoms with Gasteiger partial charge in [0.15, 0.2) is 0 Å². The second-order valence-corrected chi connectivity index (χ2v) is 5.88. The summed E-state index contributed by atoms with van der Waals surface area (Å²) in [6.07, 6.45) is 7.52. The molecule has 1 aliphatic carbocycles. The molecule has 0 bridgehead atoms. The summed E-state index contributed by atoms with van der Waals surface area (Å²) in [5.41, 5.74) is 0. The van der Waals surface area contributed by atoms with Gasteiger partial charge < -0.3 is 5.32 Å². The van der Waals surface area contributed by atoms with Crippen LogP contribution in [0.25, 0.3) is 0 Å². The van der Waals surface area contributed by atoms with Crippen LogP contribution in [0.5, 0.6) is 0 Å². The maximum absolute atomic E-state index is 11.5. The SMILES string of the molecule is CSCCC(=O)NC1CCCCC1Br. The van der Waals surface area contributed by atoms with E-state index in [1.54, 1.807) is 11.8 Å². The van der Waals surface area contributed by atoms with Crippen LogP contribution in [-0.2, 0) is 4.79 Å². The first-order valence-electron chi connectivity index (χ1n) is 5.16. The lowest BCUT2D eigenvalue weighted by Crippen LogP contribution is -2.42. The molecule has 0 radical (unpaired) electrons. The molecule has 1 saturated carbocycles. The minimum Gasteiger partial charge on any atom is -0.352 e. The second kappa shape index (κ2) is 6.72. The summed E-state index contributed by atoms with van der Waals surface area (Å²) in [4.78, 5) is 12.0. The van der Waals surface area contributed by atoms with Gasteiger partial charge in [-0.1, -0.05) is 28.8 Å². The van der Waals surface area contributed by atoms with Gasteiger partial charge in [0.25, 0.3) is 0 Å². The molecule has 0 aromatic heterocycles.